The van der Waals surface area contributed by atoms with Crippen molar-refractivity contribution < 1.29 is 14.3 Å². The van der Waals surface area contributed by atoms with Crippen LogP contribution in [-0.2, 0) is 9.53 Å². The average Bonchev–Trinajstić information content (AvgIpc) is 3.30. The Balaban J connectivity index is 1.28. The molecule has 3 atom stereocenters. The number of fused-ring (bicyclic) bond motifs is 2. The summed E-state index contributed by atoms with van der Waals surface area (Å²) in [7, 11) is 0. The van der Waals surface area contributed by atoms with Gasteiger partial charge >= 0.3 is 5.97 Å². The van der Waals surface area contributed by atoms with E-state index in [0.29, 0.717) is 23.8 Å². The Morgan fingerprint density at radius 1 is 0.885 bits per heavy atom. The minimum absolute atomic E-state index is 0.147. The summed E-state index contributed by atoms with van der Waals surface area (Å²) in [5.41, 5.74) is 2.76. The standard InChI is InChI=1S/C23H24O3/c24-22(15-26-23(25)14-21-13-16-6-7-20(21)12-16)19-10-8-18(9-11-19)17-4-2-1-3-5-17/h1-5,8-11,16,20-21H,6-7,12-15H2/t16-,20+,21-/m0/s1. The smallest absolute Gasteiger partial charge is 0.306 e. The molecule has 3 heteroatoms. The van der Waals surface area contributed by atoms with E-state index in [-0.39, 0.29) is 18.4 Å². The van der Waals surface area contributed by atoms with Gasteiger partial charge < -0.3 is 4.74 Å². The van der Waals surface area contributed by atoms with E-state index in [1.165, 1.54) is 19.3 Å². The molecule has 2 aromatic rings. The third-order valence-electron chi connectivity index (χ3n) is 5.99. The van der Waals surface area contributed by atoms with Gasteiger partial charge in [0.05, 0.1) is 0 Å². The minimum atomic E-state index is -0.225. The van der Waals surface area contributed by atoms with Crippen LogP contribution in [0.25, 0.3) is 11.1 Å². The van der Waals surface area contributed by atoms with Gasteiger partial charge in [-0.15, -0.1) is 0 Å². The van der Waals surface area contributed by atoms with Crippen LogP contribution < -0.4 is 0 Å². The van der Waals surface area contributed by atoms with Crippen molar-refractivity contribution in [1.29, 1.82) is 0 Å². The van der Waals surface area contributed by atoms with Crippen molar-refractivity contribution in [2.75, 3.05) is 6.61 Å². The molecule has 0 unspecified atom stereocenters. The number of Topliss-reactive ketones (excluding diaryl/α,β-unsaturated/α-hetero) is 1. The predicted octanol–water partition coefficient (Wildman–Crippen LogP) is 4.91. The zero-order valence-corrected chi connectivity index (χ0v) is 14.9. The van der Waals surface area contributed by atoms with Gasteiger partial charge in [-0.25, -0.2) is 0 Å². The SMILES string of the molecule is O=C(C[C@@H]1C[C@H]2CC[C@@H]1C2)OCC(=O)c1ccc(-c2ccccc2)cc1. The molecule has 3 nitrogen and oxygen atoms in total. The first-order valence-electron chi connectivity index (χ1n) is 9.53. The second-order valence-corrected chi connectivity index (χ2v) is 7.67. The lowest BCUT2D eigenvalue weighted by atomic mass is 9.86. The lowest BCUT2D eigenvalue weighted by Gasteiger charge is -2.20. The van der Waals surface area contributed by atoms with E-state index in [0.717, 1.165) is 23.5 Å². The molecule has 134 valence electrons. The Kier molecular flexibility index (Phi) is 4.87. The van der Waals surface area contributed by atoms with Crippen molar-refractivity contribution in [3.05, 3.63) is 60.2 Å². The number of carbonyl (C=O) groups excluding carboxylic acids is 2. The number of hydrogen-bond donors (Lipinski definition) is 0. The maximum Gasteiger partial charge on any atom is 0.306 e. The molecule has 2 fully saturated rings. The van der Waals surface area contributed by atoms with Crippen LogP contribution in [0.4, 0.5) is 0 Å². The number of benzene rings is 2. The quantitative estimate of drug-likeness (QED) is 0.550. The third-order valence-corrected chi connectivity index (χ3v) is 5.99. The zero-order chi connectivity index (χ0) is 17.9. The van der Waals surface area contributed by atoms with Crippen molar-refractivity contribution in [2.24, 2.45) is 17.8 Å². The number of ketones is 1. The Bertz CT molecular complexity index is 779. The first kappa shape index (κ1) is 17.0. The van der Waals surface area contributed by atoms with E-state index in [1.54, 1.807) is 12.1 Å². The fraction of sp³-hybridized carbons (Fsp3) is 0.391. The fourth-order valence-electron chi connectivity index (χ4n) is 4.61. The van der Waals surface area contributed by atoms with Gasteiger partial charge in [-0.2, -0.15) is 0 Å². The van der Waals surface area contributed by atoms with Crippen LogP contribution in [-0.4, -0.2) is 18.4 Å². The summed E-state index contributed by atoms with van der Waals surface area (Å²) in [6.07, 6.45) is 5.50. The largest absolute Gasteiger partial charge is 0.457 e. The van der Waals surface area contributed by atoms with E-state index < -0.39 is 0 Å². The molecule has 2 bridgehead atoms. The molecule has 0 heterocycles. The van der Waals surface area contributed by atoms with Crippen LogP contribution in [0.1, 0.15) is 42.5 Å². The fourth-order valence-corrected chi connectivity index (χ4v) is 4.61. The summed E-state index contributed by atoms with van der Waals surface area (Å²) < 4.78 is 5.25. The van der Waals surface area contributed by atoms with Crippen molar-refractivity contribution in [3.63, 3.8) is 0 Å². The zero-order valence-electron chi connectivity index (χ0n) is 14.9. The number of rotatable bonds is 6. The Labute approximate surface area is 154 Å². The molecule has 0 amide bonds. The van der Waals surface area contributed by atoms with Crippen molar-refractivity contribution in [3.8, 4) is 11.1 Å². The average molecular weight is 348 g/mol. The summed E-state index contributed by atoms with van der Waals surface area (Å²) in [5.74, 6) is 1.63. The third kappa shape index (κ3) is 3.72. The molecule has 2 aliphatic carbocycles. The number of esters is 1. The van der Waals surface area contributed by atoms with Gasteiger partial charge in [0.15, 0.2) is 12.4 Å². The molecule has 0 N–H and O–H groups in total. The van der Waals surface area contributed by atoms with E-state index in [9.17, 15) is 9.59 Å². The van der Waals surface area contributed by atoms with E-state index in [4.69, 9.17) is 4.74 Å². The van der Waals surface area contributed by atoms with Crippen molar-refractivity contribution in [2.45, 2.75) is 32.1 Å². The van der Waals surface area contributed by atoms with Crippen LogP contribution in [0.3, 0.4) is 0 Å². The summed E-state index contributed by atoms with van der Waals surface area (Å²) in [5, 5.41) is 0. The first-order chi connectivity index (χ1) is 12.7. The van der Waals surface area contributed by atoms with Crippen molar-refractivity contribution >= 4 is 11.8 Å². The first-order valence-corrected chi connectivity index (χ1v) is 9.53. The topological polar surface area (TPSA) is 43.4 Å². The maximum atomic E-state index is 12.3. The molecule has 0 saturated heterocycles. The molecule has 0 radical (unpaired) electrons. The van der Waals surface area contributed by atoms with Crippen molar-refractivity contribution in [1.82, 2.24) is 0 Å². The van der Waals surface area contributed by atoms with Gasteiger partial charge in [-0.05, 0) is 48.1 Å². The van der Waals surface area contributed by atoms with Gasteiger partial charge in [-0.3, -0.25) is 9.59 Å². The molecular weight excluding hydrogens is 324 g/mol. The highest BCUT2D eigenvalue weighted by Crippen LogP contribution is 2.49. The van der Waals surface area contributed by atoms with Crippen LogP contribution in [0.2, 0.25) is 0 Å². The molecule has 2 saturated carbocycles. The van der Waals surface area contributed by atoms with Gasteiger partial charge in [0.25, 0.3) is 0 Å². The van der Waals surface area contributed by atoms with Gasteiger partial charge in [-0.1, -0.05) is 61.0 Å². The van der Waals surface area contributed by atoms with E-state index in [1.807, 2.05) is 42.5 Å². The Hall–Kier alpha value is -2.42. The van der Waals surface area contributed by atoms with Crippen LogP contribution >= 0.6 is 0 Å². The van der Waals surface area contributed by atoms with Gasteiger partial charge in [0.1, 0.15) is 0 Å². The Morgan fingerprint density at radius 3 is 2.27 bits per heavy atom. The molecule has 26 heavy (non-hydrogen) atoms. The second-order valence-electron chi connectivity index (χ2n) is 7.67. The maximum absolute atomic E-state index is 12.3. The number of carbonyl (C=O) groups is 2. The molecule has 0 aliphatic heterocycles. The van der Waals surface area contributed by atoms with E-state index in [2.05, 4.69) is 0 Å². The molecule has 4 rings (SSSR count). The highest BCUT2D eigenvalue weighted by Gasteiger charge is 2.40. The highest BCUT2D eigenvalue weighted by molar-refractivity contribution is 5.98. The molecular formula is C23H24O3. The lowest BCUT2D eigenvalue weighted by Crippen LogP contribution is -2.19. The van der Waals surface area contributed by atoms with Crippen LogP contribution in [0.15, 0.2) is 54.6 Å². The molecule has 2 aromatic carbocycles. The van der Waals surface area contributed by atoms with Gasteiger partial charge in [0.2, 0.25) is 0 Å². The van der Waals surface area contributed by atoms with Gasteiger partial charge in [0, 0.05) is 12.0 Å². The van der Waals surface area contributed by atoms with Crippen LogP contribution in [0, 0.1) is 17.8 Å². The summed E-state index contributed by atoms with van der Waals surface area (Å²) >= 11 is 0. The molecule has 0 spiro atoms. The summed E-state index contributed by atoms with van der Waals surface area (Å²) in [6.45, 7) is -0.162. The predicted molar refractivity (Wildman–Crippen MR) is 101 cm³/mol. The monoisotopic (exact) mass is 348 g/mol. The normalized spacial score (nSPS) is 23.8. The molecule has 2 aliphatic rings. The van der Waals surface area contributed by atoms with E-state index >= 15 is 0 Å². The minimum Gasteiger partial charge on any atom is -0.457 e. The lowest BCUT2D eigenvalue weighted by molar-refractivity contribution is -0.144. The Morgan fingerprint density at radius 2 is 1.62 bits per heavy atom. The summed E-state index contributed by atoms with van der Waals surface area (Å²) in [6, 6.07) is 17.5. The number of ether oxygens (including phenoxy) is 1. The second kappa shape index (κ2) is 7.45. The molecule has 0 aromatic heterocycles. The van der Waals surface area contributed by atoms with Crippen LogP contribution in [0.5, 0.6) is 0 Å². The number of hydrogen-bond acceptors (Lipinski definition) is 3. The summed E-state index contributed by atoms with van der Waals surface area (Å²) in [4.78, 5) is 24.4. The highest BCUT2D eigenvalue weighted by atomic mass is 16.5.